The van der Waals surface area contributed by atoms with Crippen LogP contribution in [-0.4, -0.2) is 249 Å². The van der Waals surface area contributed by atoms with E-state index < -0.39 is 0 Å². The topological polar surface area (TPSA) is 183 Å². The summed E-state index contributed by atoms with van der Waals surface area (Å²) in [4.78, 5) is 10.8. The molecule has 0 fully saturated rings. The SMILES string of the molecule is COCCOCCOCCOCCOCCOCCOCCOCCOCCOCCOCCOCCOCCOCCOCCOCCOCCOCCSC(C)=O. The Hall–Kier alpha value is -0.700. The zero-order valence-corrected chi connectivity index (χ0v) is 36.9. The Bertz CT molecular complexity index is 780. The first-order chi connectivity index (χ1) is 29.3. The maximum atomic E-state index is 10.8. The highest BCUT2D eigenvalue weighted by molar-refractivity contribution is 8.13. The van der Waals surface area contributed by atoms with Crippen LogP contribution >= 0.6 is 11.8 Å². The predicted molar refractivity (Wildman–Crippen MR) is 219 cm³/mol. The van der Waals surface area contributed by atoms with Crippen molar-refractivity contribution in [3.8, 4) is 0 Å². The van der Waals surface area contributed by atoms with E-state index in [1.54, 1.807) is 14.0 Å². The molecule has 0 aromatic carbocycles. The number of rotatable bonds is 54. The monoisotopic (exact) mass is 882 g/mol. The number of hydrogen-bond acceptors (Lipinski definition) is 20. The summed E-state index contributed by atoms with van der Waals surface area (Å²) in [5.41, 5.74) is 0. The molecule has 0 aliphatic heterocycles. The lowest BCUT2D eigenvalue weighted by atomic mass is 10.6. The van der Waals surface area contributed by atoms with E-state index in [9.17, 15) is 4.79 Å². The molecule has 0 radical (unpaired) electrons. The van der Waals surface area contributed by atoms with Crippen LogP contribution < -0.4 is 0 Å². The molecule has 59 heavy (non-hydrogen) atoms. The molecule has 0 aliphatic rings. The van der Waals surface area contributed by atoms with Gasteiger partial charge >= 0.3 is 0 Å². The lowest BCUT2D eigenvalue weighted by Crippen LogP contribution is -2.16. The molecule has 20 heteroatoms. The van der Waals surface area contributed by atoms with Crippen LogP contribution in [0.4, 0.5) is 0 Å². The summed E-state index contributed by atoms with van der Waals surface area (Å²) in [6, 6.07) is 0. The van der Waals surface area contributed by atoms with E-state index in [-0.39, 0.29) is 5.12 Å². The van der Waals surface area contributed by atoms with Crippen molar-refractivity contribution in [3.63, 3.8) is 0 Å². The minimum absolute atomic E-state index is 0.102. The molecule has 0 unspecified atom stereocenters. The Labute approximate surface area is 357 Å². The van der Waals surface area contributed by atoms with Crippen LogP contribution in [0.15, 0.2) is 0 Å². The molecule has 0 aromatic heterocycles. The van der Waals surface area contributed by atoms with E-state index in [0.717, 1.165) is 0 Å². The van der Waals surface area contributed by atoms with Crippen molar-refractivity contribution >= 4 is 16.9 Å². The Morgan fingerprint density at radius 1 is 0.254 bits per heavy atom. The number of hydrogen-bond donors (Lipinski definition) is 0. The van der Waals surface area contributed by atoms with Crippen molar-refractivity contribution in [1.82, 2.24) is 0 Å². The fourth-order valence-electron chi connectivity index (χ4n) is 4.01. The number of ether oxygens (including phenoxy) is 18. The van der Waals surface area contributed by atoms with Crippen LogP contribution in [0.1, 0.15) is 6.92 Å². The molecular weight excluding hydrogens is 804 g/mol. The standard InChI is InChI=1S/C39H78O19S/c1-39(40)59-38-37-58-36-35-57-34-33-56-32-31-55-30-29-54-28-27-53-26-25-52-24-23-51-22-21-50-20-19-49-18-17-48-16-15-47-14-13-46-12-11-45-10-9-44-8-7-43-6-5-42-4-3-41-2/h3-38H2,1-2H3. The van der Waals surface area contributed by atoms with Gasteiger partial charge < -0.3 is 85.3 Å². The second kappa shape index (κ2) is 55.3. The minimum atomic E-state index is 0.102. The highest BCUT2D eigenvalue weighted by Crippen LogP contribution is 1.99. The molecule has 0 aromatic rings. The molecular formula is C39H78O19S. The molecule has 0 N–H and O–H groups in total. The molecule has 0 spiro atoms. The van der Waals surface area contributed by atoms with Gasteiger partial charge in [0.05, 0.1) is 231 Å². The first kappa shape index (κ1) is 58.3. The summed E-state index contributed by atoms with van der Waals surface area (Å²) in [5.74, 6) is 0.669. The second-order valence-corrected chi connectivity index (χ2v) is 13.0. The molecule has 0 aliphatic carbocycles. The highest BCUT2D eigenvalue weighted by atomic mass is 32.2. The molecule has 0 heterocycles. The lowest BCUT2D eigenvalue weighted by Gasteiger charge is -2.09. The van der Waals surface area contributed by atoms with Crippen LogP contribution in [0.25, 0.3) is 0 Å². The summed E-state index contributed by atoms with van der Waals surface area (Å²) in [5, 5.41) is 0.102. The van der Waals surface area contributed by atoms with E-state index in [4.69, 9.17) is 85.3 Å². The average Bonchev–Trinajstić information content (AvgIpc) is 3.23. The number of carbonyl (C=O) groups excluding carboxylic acids is 1. The molecule has 0 bridgehead atoms. The Balaban J connectivity index is 3.06. The van der Waals surface area contributed by atoms with Gasteiger partial charge in [0.2, 0.25) is 0 Å². The Morgan fingerprint density at radius 3 is 0.525 bits per heavy atom. The molecule has 354 valence electrons. The van der Waals surface area contributed by atoms with Gasteiger partial charge in [-0.3, -0.25) is 4.79 Å². The zero-order valence-electron chi connectivity index (χ0n) is 36.1. The van der Waals surface area contributed by atoms with E-state index in [1.165, 1.54) is 11.8 Å². The van der Waals surface area contributed by atoms with Gasteiger partial charge in [-0.15, -0.1) is 0 Å². The van der Waals surface area contributed by atoms with Crippen LogP contribution in [0.5, 0.6) is 0 Å². The van der Waals surface area contributed by atoms with Gasteiger partial charge in [0.25, 0.3) is 0 Å². The Kier molecular flexibility index (Phi) is 54.7. The maximum Gasteiger partial charge on any atom is 0.185 e. The van der Waals surface area contributed by atoms with Crippen molar-refractivity contribution < 1.29 is 90.1 Å². The van der Waals surface area contributed by atoms with Crippen LogP contribution in [0.2, 0.25) is 0 Å². The van der Waals surface area contributed by atoms with E-state index >= 15 is 0 Å². The fourth-order valence-corrected chi connectivity index (χ4v) is 4.50. The summed E-state index contributed by atoms with van der Waals surface area (Å²) in [7, 11) is 1.64. The molecule has 0 atom stereocenters. The number of thioether (sulfide) groups is 1. The largest absolute Gasteiger partial charge is 0.382 e. The van der Waals surface area contributed by atoms with Gasteiger partial charge in [0, 0.05) is 19.8 Å². The van der Waals surface area contributed by atoms with E-state index in [0.29, 0.717) is 237 Å². The van der Waals surface area contributed by atoms with Crippen LogP contribution in [0.3, 0.4) is 0 Å². The number of methoxy groups -OCH3 is 1. The number of carbonyl (C=O) groups is 1. The maximum absolute atomic E-state index is 10.8. The molecule has 0 rings (SSSR count). The van der Waals surface area contributed by atoms with Gasteiger partial charge in [-0.2, -0.15) is 0 Å². The Morgan fingerprint density at radius 2 is 0.390 bits per heavy atom. The highest BCUT2D eigenvalue weighted by Gasteiger charge is 1.99. The van der Waals surface area contributed by atoms with Crippen molar-refractivity contribution in [2.45, 2.75) is 6.92 Å². The zero-order chi connectivity index (χ0) is 42.5. The predicted octanol–water partition coefficient (Wildman–Crippen LogP) is 1.19. The van der Waals surface area contributed by atoms with Crippen molar-refractivity contribution in [3.05, 3.63) is 0 Å². The van der Waals surface area contributed by atoms with Crippen LogP contribution in [0, 0.1) is 0 Å². The molecule has 0 saturated carbocycles. The van der Waals surface area contributed by atoms with Gasteiger partial charge in [0.1, 0.15) is 0 Å². The van der Waals surface area contributed by atoms with Gasteiger partial charge in [-0.05, 0) is 0 Å². The first-order valence-electron chi connectivity index (χ1n) is 20.7. The summed E-state index contributed by atoms with van der Waals surface area (Å²) < 4.78 is 97.7. The first-order valence-corrected chi connectivity index (χ1v) is 21.7. The smallest absolute Gasteiger partial charge is 0.185 e. The normalized spacial score (nSPS) is 11.6. The van der Waals surface area contributed by atoms with Crippen molar-refractivity contribution in [2.75, 3.05) is 244 Å². The van der Waals surface area contributed by atoms with Crippen LogP contribution in [-0.2, 0) is 90.1 Å². The lowest BCUT2D eigenvalue weighted by molar-refractivity contribution is -0.109. The van der Waals surface area contributed by atoms with Crippen molar-refractivity contribution in [2.24, 2.45) is 0 Å². The van der Waals surface area contributed by atoms with E-state index in [1.807, 2.05) is 0 Å². The molecule has 19 nitrogen and oxygen atoms in total. The average molecular weight is 883 g/mol. The third kappa shape index (κ3) is 57.3. The van der Waals surface area contributed by atoms with Crippen molar-refractivity contribution in [1.29, 1.82) is 0 Å². The third-order valence-corrected chi connectivity index (χ3v) is 7.69. The van der Waals surface area contributed by atoms with Gasteiger partial charge in [-0.1, -0.05) is 11.8 Å². The fraction of sp³-hybridized carbons (Fsp3) is 0.974. The summed E-state index contributed by atoms with van der Waals surface area (Å²) in [6.45, 7) is 19.4. The quantitative estimate of drug-likeness (QED) is 0.0794. The molecule has 0 amide bonds. The second-order valence-electron chi connectivity index (χ2n) is 11.7. The summed E-state index contributed by atoms with van der Waals surface area (Å²) >= 11 is 1.26. The summed E-state index contributed by atoms with van der Waals surface area (Å²) in [6.07, 6.45) is 0. The van der Waals surface area contributed by atoms with E-state index in [2.05, 4.69) is 0 Å². The minimum Gasteiger partial charge on any atom is -0.382 e. The van der Waals surface area contributed by atoms with Gasteiger partial charge in [0.15, 0.2) is 5.12 Å². The van der Waals surface area contributed by atoms with Gasteiger partial charge in [-0.25, -0.2) is 0 Å². The molecule has 0 saturated heterocycles. The third-order valence-electron chi connectivity index (χ3n) is 6.92.